The molecule has 36 heavy (non-hydrogen) atoms. The van der Waals surface area contributed by atoms with Crippen LogP contribution in [0.3, 0.4) is 0 Å². The molecule has 0 aliphatic heterocycles. The van der Waals surface area contributed by atoms with Crippen LogP contribution >= 0.6 is 7.82 Å². The Hall–Kier alpha value is -4.24. The molecule has 2 amide bonds. The first-order valence-corrected chi connectivity index (χ1v) is 11.6. The van der Waals surface area contributed by atoms with Gasteiger partial charge in [-0.15, -0.1) is 6.42 Å². The normalized spacial score (nSPS) is 10.4. The molecule has 11 nitrogen and oxygen atoms in total. The molecule has 0 unspecified atom stereocenters. The Labute approximate surface area is 205 Å². The number of carbonyl (C=O) groups is 3. The van der Waals surface area contributed by atoms with Crippen molar-refractivity contribution in [2.45, 2.75) is 20.4 Å². The zero-order valence-electron chi connectivity index (χ0n) is 19.1. The number of benzene rings is 1. The number of rotatable bonds is 8. The number of phosphoric ester groups is 1. The van der Waals surface area contributed by atoms with Crippen LogP contribution in [-0.4, -0.2) is 45.1 Å². The Morgan fingerprint density at radius 2 is 1.94 bits per heavy atom. The summed E-state index contributed by atoms with van der Waals surface area (Å²) in [6, 6.07) is 5.10. The highest BCUT2D eigenvalue weighted by atomic mass is 31.2. The van der Waals surface area contributed by atoms with Crippen LogP contribution in [0.25, 0.3) is 0 Å². The summed E-state index contributed by atoms with van der Waals surface area (Å²) in [5.41, 5.74) is 0.234. The van der Waals surface area contributed by atoms with E-state index >= 15 is 0 Å². The molecule has 0 spiro atoms. The van der Waals surface area contributed by atoms with E-state index in [9.17, 15) is 23.3 Å². The van der Waals surface area contributed by atoms with Crippen molar-refractivity contribution in [3.8, 4) is 30.3 Å². The van der Waals surface area contributed by atoms with Crippen molar-refractivity contribution in [3.05, 3.63) is 52.1 Å². The van der Waals surface area contributed by atoms with E-state index in [-0.39, 0.29) is 46.9 Å². The number of terminal acetylenes is 1. The zero-order chi connectivity index (χ0) is 27.0. The van der Waals surface area contributed by atoms with Crippen LogP contribution in [0.15, 0.2) is 18.2 Å². The highest BCUT2D eigenvalue weighted by molar-refractivity contribution is 7.46. The van der Waals surface area contributed by atoms with E-state index in [1.807, 2.05) is 0 Å². The number of anilines is 1. The van der Waals surface area contributed by atoms with Crippen molar-refractivity contribution in [1.82, 2.24) is 9.88 Å². The van der Waals surface area contributed by atoms with Crippen LogP contribution in [0.5, 0.6) is 0 Å². The lowest BCUT2D eigenvalue weighted by atomic mass is 10.0. The monoisotopic (exact) mass is 514 g/mol. The van der Waals surface area contributed by atoms with Gasteiger partial charge in [-0.25, -0.2) is 8.96 Å². The standard InChI is InChI=1S/C23H20FN4O7P/c1-4-10-28-15(3)19(21(29)23(31)26-9-5-6-11-35-36(32,33)34)14(2)20(28)22(30)27-17-7-8-18(24)16(12-17)13-25/h1,7-8,12H,9-11H2,2-3H3,(H,26,31)(H,27,30)(H2,32,33,34). The largest absolute Gasteiger partial charge is 0.470 e. The number of phosphoric acid groups is 1. The average molecular weight is 514 g/mol. The van der Waals surface area contributed by atoms with Gasteiger partial charge in [0.15, 0.2) is 0 Å². The van der Waals surface area contributed by atoms with Gasteiger partial charge < -0.3 is 25.0 Å². The molecule has 1 aromatic heterocycles. The van der Waals surface area contributed by atoms with E-state index in [1.54, 1.807) is 6.07 Å². The maximum absolute atomic E-state index is 13.6. The lowest BCUT2D eigenvalue weighted by Crippen LogP contribution is -2.32. The fourth-order valence-corrected chi connectivity index (χ4v) is 3.47. The molecule has 13 heteroatoms. The van der Waals surface area contributed by atoms with E-state index in [2.05, 4.69) is 32.9 Å². The SMILES string of the molecule is C#CCn1c(C)c(C(=O)C(=O)NCC#CCOP(=O)(O)O)c(C)c1C(=O)Nc1ccc(F)c(C#N)c1. The smallest absolute Gasteiger partial charge is 0.338 e. The quantitative estimate of drug-likeness (QED) is 0.177. The zero-order valence-corrected chi connectivity index (χ0v) is 20.0. The number of Topliss-reactive ketones (excluding diaryl/α,β-unsaturated/α-hetero) is 1. The minimum Gasteiger partial charge on any atom is -0.338 e. The van der Waals surface area contributed by atoms with Gasteiger partial charge in [-0.1, -0.05) is 17.8 Å². The molecule has 0 radical (unpaired) electrons. The van der Waals surface area contributed by atoms with E-state index in [0.29, 0.717) is 0 Å². The van der Waals surface area contributed by atoms with E-state index < -0.39 is 37.8 Å². The Balaban J connectivity index is 2.27. The Morgan fingerprint density at radius 3 is 2.56 bits per heavy atom. The van der Waals surface area contributed by atoms with Crippen molar-refractivity contribution in [2.75, 3.05) is 18.5 Å². The van der Waals surface area contributed by atoms with Gasteiger partial charge in [-0.2, -0.15) is 5.26 Å². The summed E-state index contributed by atoms with van der Waals surface area (Å²) in [7, 11) is -4.67. The number of halogens is 1. The number of ketones is 1. The van der Waals surface area contributed by atoms with Crippen LogP contribution in [0.4, 0.5) is 10.1 Å². The number of nitriles is 1. The third-order valence-corrected chi connectivity index (χ3v) is 5.24. The molecule has 2 rings (SSSR count). The summed E-state index contributed by atoms with van der Waals surface area (Å²) >= 11 is 0. The lowest BCUT2D eigenvalue weighted by molar-refractivity contribution is -0.116. The molecule has 0 fully saturated rings. The first-order chi connectivity index (χ1) is 16.9. The number of carbonyl (C=O) groups excluding carboxylic acids is 3. The number of nitrogens with zero attached hydrogens (tertiary/aromatic N) is 2. The third kappa shape index (κ3) is 6.89. The highest BCUT2D eigenvalue weighted by Gasteiger charge is 2.29. The van der Waals surface area contributed by atoms with Gasteiger partial charge in [0.2, 0.25) is 0 Å². The molecule has 0 saturated carbocycles. The summed E-state index contributed by atoms with van der Waals surface area (Å²) < 4.78 is 29.7. The molecule has 0 atom stereocenters. The maximum Gasteiger partial charge on any atom is 0.470 e. The lowest BCUT2D eigenvalue weighted by Gasteiger charge is -2.10. The molecular formula is C23H20FN4O7P. The molecule has 0 aliphatic carbocycles. The second kappa shape index (κ2) is 11.9. The number of aromatic nitrogens is 1. The molecule has 0 bridgehead atoms. The number of hydrogen-bond acceptors (Lipinski definition) is 6. The van der Waals surface area contributed by atoms with Gasteiger partial charge in [-0.05, 0) is 37.6 Å². The van der Waals surface area contributed by atoms with Crippen LogP contribution in [0.1, 0.15) is 37.7 Å². The van der Waals surface area contributed by atoms with Gasteiger partial charge in [0.25, 0.3) is 17.6 Å². The predicted octanol–water partition coefficient (Wildman–Crippen LogP) is 1.41. The summed E-state index contributed by atoms with van der Waals surface area (Å²) in [6.45, 7) is 1.98. The van der Waals surface area contributed by atoms with Gasteiger partial charge in [0.1, 0.15) is 24.2 Å². The van der Waals surface area contributed by atoms with Crippen LogP contribution in [0, 0.1) is 55.2 Å². The molecule has 0 saturated heterocycles. The number of amides is 2. The van der Waals surface area contributed by atoms with Crippen molar-refractivity contribution in [1.29, 1.82) is 5.26 Å². The minimum absolute atomic E-state index is 0.00110. The molecule has 4 N–H and O–H groups in total. The van der Waals surface area contributed by atoms with Crippen molar-refractivity contribution < 1.29 is 37.6 Å². The second-order valence-corrected chi connectivity index (χ2v) is 8.35. The fourth-order valence-electron chi connectivity index (χ4n) is 3.24. The van der Waals surface area contributed by atoms with E-state index in [1.165, 1.54) is 24.5 Å². The molecule has 2 aromatic rings. The molecule has 0 aliphatic rings. The summed E-state index contributed by atoms with van der Waals surface area (Å²) in [5, 5.41) is 13.8. The van der Waals surface area contributed by atoms with Crippen LogP contribution < -0.4 is 10.6 Å². The van der Waals surface area contributed by atoms with Crippen LogP contribution in [-0.2, 0) is 20.4 Å². The number of nitrogens with one attached hydrogen (secondary N) is 2. The fraction of sp³-hybridized carbons (Fsp3) is 0.217. The second-order valence-electron chi connectivity index (χ2n) is 7.11. The van der Waals surface area contributed by atoms with E-state index in [0.717, 1.165) is 12.1 Å². The van der Waals surface area contributed by atoms with Crippen molar-refractivity contribution >= 4 is 31.1 Å². The van der Waals surface area contributed by atoms with Gasteiger partial charge in [0.05, 0.1) is 24.2 Å². The average Bonchev–Trinajstić information content (AvgIpc) is 3.05. The minimum atomic E-state index is -4.67. The Morgan fingerprint density at radius 1 is 1.25 bits per heavy atom. The number of hydrogen-bond donors (Lipinski definition) is 4. The van der Waals surface area contributed by atoms with Crippen LogP contribution in [0.2, 0.25) is 0 Å². The summed E-state index contributed by atoms with van der Waals surface area (Å²) in [6.07, 6.45) is 5.41. The molecule has 186 valence electrons. The third-order valence-electron chi connectivity index (χ3n) is 4.78. The summed E-state index contributed by atoms with van der Waals surface area (Å²) in [5.74, 6) is 3.57. The van der Waals surface area contributed by atoms with Crippen molar-refractivity contribution in [3.63, 3.8) is 0 Å². The van der Waals surface area contributed by atoms with E-state index in [4.69, 9.17) is 21.5 Å². The first kappa shape index (κ1) is 28.0. The topological polar surface area (TPSA) is 171 Å². The Kier molecular flexibility index (Phi) is 9.29. The van der Waals surface area contributed by atoms with Gasteiger partial charge in [-0.3, -0.25) is 18.9 Å². The first-order valence-electron chi connectivity index (χ1n) is 10.0. The molecule has 1 heterocycles. The Bertz CT molecular complexity index is 1420. The molecule has 1 aromatic carbocycles. The van der Waals surface area contributed by atoms with Gasteiger partial charge >= 0.3 is 7.82 Å². The maximum atomic E-state index is 13.6. The van der Waals surface area contributed by atoms with Crippen molar-refractivity contribution in [2.24, 2.45) is 0 Å². The van der Waals surface area contributed by atoms with Gasteiger partial charge in [0, 0.05) is 11.4 Å². The molecular weight excluding hydrogens is 494 g/mol. The summed E-state index contributed by atoms with van der Waals surface area (Å²) in [4.78, 5) is 55.4. The highest BCUT2D eigenvalue weighted by Crippen LogP contribution is 2.35. The predicted molar refractivity (Wildman–Crippen MR) is 125 cm³/mol.